The zero-order valence-electron chi connectivity index (χ0n) is 11.2. The lowest BCUT2D eigenvalue weighted by molar-refractivity contribution is -0.140. The fraction of sp³-hybridized carbons (Fsp3) is 0.462. The number of amides is 2. The second kappa shape index (κ2) is 7.35. The predicted molar refractivity (Wildman–Crippen MR) is 70.5 cm³/mol. The average Bonchev–Trinajstić information content (AvgIpc) is 2.42. The number of nitrogens with one attached hydrogen (secondary N) is 1. The molecule has 1 aromatic heterocycles. The normalized spacial score (nSPS) is 11.7. The summed E-state index contributed by atoms with van der Waals surface area (Å²) in [6.45, 7) is 4.59. The Morgan fingerprint density at radius 1 is 1.42 bits per heavy atom. The number of hydrogen-bond acceptors (Lipinski definition) is 3. The maximum Gasteiger partial charge on any atom is 0.317 e. The first kappa shape index (κ1) is 14.9. The first-order valence-electron chi connectivity index (χ1n) is 6.19. The van der Waals surface area contributed by atoms with E-state index in [0.717, 1.165) is 5.56 Å². The molecule has 2 N–H and O–H groups in total. The number of carboxylic acid groups (broad SMARTS) is 1. The highest BCUT2D eigenvalue weighted by Crippen LogP contribution is 2.03. The van der Waals surface area contributed by atoms with Gasteiger partial charge in [-0.3, -0.25) is 9.78 Å². The number of pyridine rings is 1. The fourth-order valence-electron chi connectivity index (χ4n) is 1.48. The van der Waals surface area contributed by atoms with Crippen molar-refractivity contribution in [2.45, 2.75) is 20.4 Å². The standard InChI is InChI=1S/C13H19N3O3/c1-3-16(9-11-4-6-14-7-5-11)13(19)15-8-10(2)12(17)18/h4-7,10H,3,8-9H2,1-2H3,(H,15,19)(H,17,18). The second-order valence-corrected chi connectivity index (χ2v) is 4.29. The molecule has 0 aliphatic rings. The van der Waals surface area contributed by atoms with Crippen molar-refractivity contribution in [2.24, 2.45) is 5.92 Å². The van der Waals surface area contributed by atoms with Crippen molar-refractivity contribution in [1.29, 1.82) is 0 Å². The summed E-state index contributed by atoms with van der Waals surface area (Å²) in [6.07, 6.45) is 3.35. The number of rotatable bonds is 6. The molecular weight excluding hydrogens is 246 g/mol. The molecular formula is C13H19N3O3. The SMILES string of the molecule is CCN(Cc1ccncc1)C(=O)NCC(C)C(=O)O. The van der Waals surface area contributed by atoms with Gasteiger partial charge in [0, 0.05) is 32.0 Å². The van der Waals surface area contributed by atoms with Crippen LogP contribution in [0.4, 0.5) is 4.79 Å². The summed E-state index contributed by atoms with van der Waals surface area (Å²) in [5.74, 6) is -1.51. The minimum Gasteiger partial charge on any atom is -0.481 e. The molecule has 0 aliphatic heterocycles. The van der Waals surface area contributed by atoms with E-state index in [-0.39, 0.29) is 12.6 Å². The fourth-order valence-corrected chi connectivity index (χ4v) is 1.48. The van der Waals surface area contributed by atoms with Gasteiger partial charge in [0.25, 0.3) is 0 Å². The molecule has 0 spiro atoms. The molecule has 2 amide bonds. The summed E-state index contributed by atoms with van der Waals surface area (Å²) in [5.41, 5.74) is 0.985. The van der Waals surface area contributed by atoms with Gasteiger partial charge < -0.3 is 15.3 Å². The lowest BCUT2D eigenvalue weighted by atomic mass is 10.2. The summed E-state index contributed by atoms with van der Waals surface area (Å²) >= 11 is 0. The molecule has 6 nitrogen and oxygen atoms in total. The van der Waals surface area contributed by atoms with Crippen LogP contribution in [0.1, 0.15) is 19.4 Å². The largest absolute Gasteiger partial charge is 0.481 e. The molecule has 0 aromatic carbocycles. The van der Waals surface area contributed by atoms with Crippen molar-refractivity contribution in [3.63, 3.8) is 0 Å². The Bertz CT molecular complexity index is 422. The van der Waals surface area contributed by atoms with Crippen molar-refractivity contribution in [3.05, 3.63) is 30.1 Å². The van der Waals surface area contributed by atoms with Gasteiger partial charge in [0.2, 0.25) is 0 Å². The Hall–Kier alpha value is -2.11. The molecule has 1 heterocycles. The molecule has 0 aliphatic carbocycles. The molecule has 104 valence electrons. The number of nitrogens with zero attached hydrogens (tertiary/aromatic N) is 2. The Morgan fingerprint density at radius 2 is 2.05 bits per heavy atom. The number of carboxylic acids is 1. The van der Waals surface area contributed by atoms with Crippen LogP contribution in [-0.2, 0) is 11.3 Å². The lowest BCUT2D eigenvalue weighted by Gasteiger charge is -2.22. The van der Waals surface area contributed by atoms with Crippen molar-refractivity contribution in [2.75, 3.05) is 13.1 Å². The number of carbonyl (C=O) groups excluding carboxylic acids is 1. The van der Waals surface area contributed by atoms with E-state index >= 15 is 0 Å². The van der Waals surface area contributed by atoms with Crippen molar-refractivity contribution < 1.29 is 14.7 Å². The highest BCUT2D eigenvalue weighted by atomic mass is 16.4. The maximum atomic E-state index is 11.9. The Balaban J connectivity index is 2.50. The third kappa shape index (κ3) is 4.95. The quantitative estimate of drug-likeness (QED) is 0.813. The number of aliphatic carboxylic acids is 1. The van der Waals surface area contributed by atoms with Crippen LogP contribution in [0.15, 0.2) is 24.5 Å². The lowest BCUT2D eigenvalue weighted by Crippen LogP contribution is -2.42. The highest BCUT2D eigenvalue weighted by Gasteiger charge is 2.15. The summed E-state index contributed by atoms with van der Waals surface area (Å²) in [7, 11) is 0. The third-order valence-corrected chi connectivity index (χ3v) is 2.77. The third-order valence-electron chi connectivity index (χ3n) is 2.77. The minimum atomic E-state index is -0.919. The van der Waals surface area contributed by atoms with Crippen LogP contribution in [0.3, 0.4) is 0 Å². The van der Waals surface area contributed by atoms with Gasteiger partial charge in [-0.15, -0.1) is 0 Å². The van der Waals surface area contributed by atoms with Gasteiger partial charge >= 0.3 is 12.0 Å². The minimum absolute atomic E-state index is 0.126. The van der Waals surface area contributed by atoms with Gasteiger partial charge in [-0.2, -0.15) is 0 Å². The topological polar surface area (TPSA) is 82.5 Å². The van der Waals surface area contributed by atoms with E-state index in [9.17, 15) is 9.59 Å². The van der Waals surface area contributed by atoms with Crippen molar-refractivity contribution in [3.8, 4) is 0 Å². The van der Waals surface area contributed by atoms with Gasteiger partial charge in [-0.05, 0) is 24.6 Å². The monoisotopic (exact) mass is 265 g/mol. The summed E-state index contributed by atoms with van der Waals surface area (Å²) in [6, 6.07) is 3.43. The van der Waals surface area contributed by atoms with E-state index in [2.05, 4.69) is 10.3 Å². The smallest absolute Gasteiger partial charge is 0.317 e. The van der Waals surface area contributed by atoms with Crippen LogP contribution in [-0.4, -0.2) is 40.1 Å². The Labute approximate surface area is 112 Å². The summed E-state index contributed by atoms with van der Waals surface area (Å²) in [5, 5.41) is 11.4. The second-order valence-electron chi connectivity index (χ2n) is 4.29. The van der Waals surface area contributed by atoms with E-state index in [0.29, 0.717) is 13.1 Å². The van der Waals surface area contributed by atoms with E-state index in [1.165, 1.54) is 0 Å². The van der Waals surface area contributed by atoms with E-state index in [4.69, 9.17) is 5.11 Å². The Kier molecular flexibility index (Phi) is 5.78. The molecule has 19 heavy (non-hydrogen) atoms. The van der Waals surface area contributed by atoms with Crippen LogP contribution in [0.5, 0.6) is 0 Å². The molecule has 6 heteroatoms. The number of hydrogen-bond donors (Lipinski definition) is 2. The molecule has 0 fully saturated rings. The Morgan fingerprint density at radius 3 is 2.58 bits per heavy atom. The number of carbonyl (C=O) groups is 2. The molecule has 0 radical (unpaired) electrons. The molecule has 0 saturated carbocycles. The van der Waals surface area contributed by atoms with Crippen LogP contribution in [0, 0.1) is 5.92 Å². The maximum absolute atomic E-state index is 11.9. The van der Waals surface area contributed by atoms with E-state index < -0.39 is 11.9 Å². The summed E-state index contributed by atoms with van der Waals surface area (Å²) in [4.78, 5) is 28.1. The predicted octanol–water partition coefficient (Wildman–Crippen LogP) is 1.33. The van der Waals surface area contributed by atoms with E-state index in [1.54, 1.807) is 24.2 Å². The first-order valence-corrected chi connectivity index (χ1v) is 6.19. The van der Waals surface area contributed by atoms with Crippen LogP contribution in [0.2, 0.25) is 0 Å². The highest BCUT2D eigenvalue weighted by molar-refractivity contribution is 5.75. The van der Waals surface area contributed by atoms with Crippen LogP contribution in [0.25, 0.3) is 0 Å². The molecule has 1 aromatic rings. The van der Waals surface area contributed by atoms with Crippen molar-refractivity contribution >= 4 is 12.0 Å². The zero-order chi connectivity index (χ0) is 14.3. The molecule has 0 saturated heterocycles. The summed E-state index contributed by atoms with van der Waals surface area (Å²) < 4.78 is 0. The first-order chi connectivity index (χ1) is 9.04. The van der Waals surface area contributed by atoms with Crippen molar-refractivity contribution in [1.82, 2.24) is 15.2 Å². The number of urea groups is 1. The van der Waals surface area contributed by atoms with Crippen LogP contribution < -0.4 is 5.32 Å². The van der Waals surface area contributed by atoms with Gasteiger partial charge in [0.1, 0.15) is 0 Å². The van der Waals surface area contributed by atoms with E-state index in [1.807, 2.05) is 19.1 Å². The number of aromatic nitrogens is 1. The molecule has 0 bridgehead atoms. The molecule has 1 atom stereocenters. The average molecular weight is 265 g/mol. The van der Waals surface area contributed by atoms with Gasteiger partial charge in [-0.25, -0.2) is 4.79 Å². The van der Waals surface area contributed by atoms with Crippen LogP contribution >= 0.6 is 0 Å². The molecule has 1 rings (SSSR count). The van der Waals surface area contributed by atoms with Gasteiger partial charge in [0.15, 0.2) is 0 Å². The zero-order valence-corrected chi connectivity index (χ0v) is 11.2. The van der Waals surface area contributed by atoms with Gasteiger partial charge in [-0.1, -0.05) is 6.92 Å². The molecule has 1 unspecified atom stereocenters. The van der Waals surface area contributed by atoms with Gasteiger partial charge in [0.05, 0.1) is 5.92 Å².